The third kappa shape index (κ3) is 8.17. The van der Waals surface area contributed by atoms with Crippen molar-refractivity contribution in [2.75, 3.05) is 13.2 Å². The summed E-state index contributed by atoms with van der Waals surface area (Å²) < 4.78 is 9.56. The van der Waals surface area contributed by atoms with Gasteiger partial charge in [-0.15, -0.1) is 0 Å². The van der Waals surface area contributed by atoms with Gasteiger partial charge < -0.3 is 24.8 Å². The topological polar surface area (TPSA) is 113 Å². The van der Waals surface area contributed by atoms with Crippen molar-refractivity contribution in [3.8, 4) is 0 Å². The number of aliphatic carboxylic acids is 1. The number of aliphatic hydroxyl groups excluding tert-OH is 2. The van der Waals surface area contributed by atoms with E-state index in [-0.39, 0.29) is 6.61 Å². The van der Waals surface area contributed by atoms with Crippen molar-refractivity contribution in [1.82, 2.24) is 0 Å². The number of unbranched alkanes of at least 4 members (excludes halogenated alkanes) is 3. The number of aliphatic hydroxyl groups is 2. The van der Waals surface area contributed by atoms with Crippen LogP contribution in [0.5, 0.6) is 0 Å². The molecule has 0 aromatic heterocycles. The van der Waals surface area contributed by atoms with Crippen molar-refractivity contribution in [3.63, 3.8) is 0 Å². The van der Waals surface area contributed by atoms with Crippen molar-refractivity contribution >= 4 is 11.9 Å². The minimum Gasteiger partial charge on any atom is -0.502 e. The van der Waals surface area contributed by atoms with Gasteiger partial charge in [0.25, 0.3) is 0 Å². The fourth-order valence-corrected chi connectivity index (χ4v) is 1.25. The number of hydrogen-bond acceptors (Lipinski definition) is 6. The molecule has 0 amide bonds. The maximum Gasteiger partial charge on any atom is 0.338 e. The van der Waals surface area contributed by atoms with Crippen molar-refractivity contribution < 1.29 is 34.4 Å². The Morgan fingerprint density at radius 1 is 1.05 bits per heavy atom. The zero-order valence-corrected chi connectivity index (χ0v) is 10.7. The van der Waals surface area contributed by atoms with Crippen LogP contribution in [0.3, 0.4) is 0 Å². The van der Waals surface area contributed by atoms with Crippen LogP contribution in [0.1, 0.15) is 25.7 Å². The minimum absolute atomic E-state index is 0.0740. The van der Waals surface area contributed by atoms with Gasteiger partial charge in [0.15, 0.2) is 12.2 Å². The molecule has 0 heterocycles. The molecule has 0 rings (SSSR count). The second-order valence-corrected chi connectivity index (χ2v) is 3.85. The standard InChI is InChI=1S/C12H20O7/c1-2-18-7-5-3-4-6-8-19-12(17)10(14)9(13)11(15)16/h2,9-10,13-14H,1,3-8H2,(H,15,16). The molecule has 0 saturated carbocycles. The van der Waals surface area contributed by atoms with Crippen molar-refractivity contribution in [1.29, 1.82) is 0 Å². The molecule has 0 spiro atoms. The monoisotopic (exact) mass is 276 g/mol. The molecule has 0 aliphatic carbocycles. The Morgan fingerprint density at radius 2 is 1.63 bits per heavy atom. The van der Waals surface area contributed by atoms with Crippen molar-refractivity contribution in [3.05, 3.63) is 12.8 Å². The molecule has 2 atom stereocenters. The largest absolute Gasteiger partial charge is 0.502 e. The molecule has 0 saturated heterocycles. The fraction of sp³-hybridized carbons (Fsp3) is 0.667. The molecule has 7 heteroatoms. The first kappa shape index (κ1) is 17.4. The van der Waals surface area contributed by atoms with E-state index in [1.165, 1.54) is 6.26 Å². The Balaban J connectivity index is 3.58. The lowest BCUT2D eigenvalue weighted by molar-refractivity contribution is -0.169. The van der Waals surface area contributed by atoms with E-state index in [1.54, 1.807) is 0 Å². The first-order valence-electron chi connectivity index (χ1n) is 5.98. The van der Waals surface area contributed by atoms with Crippen molar-refractivity contribution in [2.24, 2.45) is 0 Å². The summed E-state index contributed by atoms with van der Waals surface area (Å²) in [5, 5.41) is 26.4. The van der Waals surface area contributed by atoms with E-state index >= 15 is 0 Å². The summed E-state index contributed by atoms with van der Waals surface area (Å²) in [5.74, 6) is -2.81. The van der Waals surface area contributed by atoms with Gasteiger partial charge in [0, 0.05) is 0 Å². The predicted octanol–water partition coefficient (Wildman–Crippen LogP) is 0.0565. The molecule has 7 nitrogen and oxygen atoms in total. The number of carboxylic acid groups (broad SMARTS) is 1. The van der Waals surface area contributed by atoms with E-state index in [2.05, 4.69) is 11.3 Å². The molecule has 0 aliphatic rings. The first-order valence-corrected chi connectivity index (χ1v) is 5.98. The Morgan fingerprint density at radius 3 is 2.16 bits per heavy atom. The molecular weight excluding hydrogens is 256 g/mol. The lowest BCUT2D eigenvalue weighted by Crippen LogP contribution is -2.40. The van der Waals surface area contributed by atoms with E-state index in [0.717, 1.165) is 19.3 Å². The molecule has 3 N–H and O–H groups in total. The molecule has 0 radical (unpaired) electrons. The average Bonchev–Trinajstić information content (AvgIpc) is 2.39. The number of ether oxygens (including phenoxy) is 2. The second-order valence-electron chi connectivity index (χ2n) is 3.85. The van der Waals surface area contributed by atoms with Gasteiger partial charge in [-0.2, -0.15) is 0 Å². The van der Waals surface area contributed by atoms with Crippen LogP contribution < -0.4 is 0 Å². The molecule has 2 unspecified atom stereocenters. The first-order chi connectivity index (χ1) is 9.00. The Bertz CT molecular complexity index is 290. The minimum atomic E-state index is -2.16. The van der Waals surface area contributed by atoms with Crippen LogP contribution in [0.25, 0.3) is 0 Å². The number of carbonyl (C=O) groups is 2. The molecule has 0 bridgehead atoms. The Kier molecular flexibility index (Phi) is 9.46. The molecule has 0 fully saturated rings. The molecular formula is C12H20O7. The van der Waals surface area contributed by atoms with E-state index < -0.39 is 24.1 Å². The zero-order chi connectivity index (χ0) is 14.7. The van der Waals surface area contributed by atoms with Crippen LogP contribution >= 0.6 is 0 Å². The summed E-state index contributed by atoms with van der Waals surface area (Å²) in [7, 11) is 0. The van der Waals surface area contributed by atoms with Crippen LogP contribution in [0, 0.1) is 0 Å². The lowest BCUT2D eigenvalue weighted by atomic mass is 10.2. The summed E-state index contributed by atoms with van der Waals surface area (Å²) in [5.41, 5.74) is 0. The van der Waals surface area contributed by atoms with E-state index in [4.69, 9.17) is 20.1 Å². The highest BCUT2D eigenvalue weighted by Crippen LogP contribution is 2.03. The van der Waals surface area contributed by atoms with E-state index in [9.17, 15) is 9.59 Å². The van der Waals surface area contributed by atoms with Gasteiger partial charge in [0.05, 0.1) is 19.5 Å². The average molecular weight is 276 g/mol. The number of esters is 1. The number of hydrogen-bond donors (Lipinski definition) is 3. The SMILES string of the molecule is C=COCCCCCCOC(=O)C(O)C(O)C(=O)O. The van der Waals surface area contributed by atoms with Gasteiger partial charge in [-0.05, 0) is 25.7 Å². The van der Waals surface area contributed by atoms with Crippen LogP contribution in [-0.2, 0) is 19.1 Å². The smallest absolute Gasteiger partial charge is 0.338 e. The highest BCUT2D eigenvalue weighted by atomic mass is 16.5. The van der Waals surface area contributed by atoms with Gasteiger partial charge in [0.2, 0.25) is 0 Å². The number of carbonyl (C=O) groups excluding carboxylic acids is 1. The predicted molar refractivity (Wildman–Crippen MR) is 65.2 cm³/mol. The van der Waals surface area contributed by atoms with Crippen LogP contribution in [0.2, 0.25) is 0 Å². The number of carboxylic acids is 1. The maximum atomic E-state index is 11.1. The Labute approximate surface area is 111 Å². The third-order valence-electron chi connectivity index (χ3n) is 2.31. The normalized spacial score (nSPS) is 13.4. The number of rotatable bonds is 11. The van der Waals surface area contributed by atoms with Crippen LogP contribution in [0.15, 0.2) is 12.8 Å². The molecule has 110 valence electrons. The molecule has 19 heavy (non-hydrogen) atoms. The quantitative estimate of drug-likeness (QED) is 0.278. The van der Waals surface area contributed by atoms with Crippen LogP contribution in [-0.4, -0.2) is 52.7 Å². The summed E-state index contributed by atoms with van der Waals surface area (Å²) >= 11 is 0. The van der Waals surface area contributed by atoms with Gasteiger partial charge in [-0.3, -0.25) is 0 Å². The van der Waals surface area contributed by atoms with Crippen LogP contribution in [0.4, 0.5) is 0 Å². The van der Waals surface area contributed by atoms with Gasteiger partial charge >= 0.3 is 11.9 Å². The fourth-order valence-electron chi connectivity index (χ4n) is 1.25. The summed E-state index contributed by atoms with van der Waals surface area (Å²) in [4.78, 5) is 21.4. The highest BCUT2D eigenvalue weighted by molar-refractivity contribution is 5.84. The van der Waals surface area contributed by atoms with Gasteiger partial charge in [-0.1, -0.05) is 6.58 Å². The summed E-state index contributed by atoms with van der Waals surface area (Å²) in [6.45, 7) is 4.07. The summed E-state index contributed by atoms with van der Waals surface area (Å²) in [6, 6.07) is 0. The van der Waals surface area contributed by atoms with E-state index in [0.29, 0.717) is 13.0 Å². The lowest BCUT2D eigenvalue weighted by Gasteiger charge is -2.13. The molecule has 0 aromatic carbocycles. The van der Waals surface area contributed by atoms with E-state index in [1.807, 2.05) is 0 Å². The maximum absolute atomic E-state index is 11.1. The van der Waals surface area contributed by atoms with Gasteiger partial charge in [-0.25, -0.2) is 9.59 Å². The molecule has 0 aromatic rings. The van der Waals surface area contributed by atoms with Crippen molar-refractivity contribution in [2.45, 2.75) is 37.9 Å². The van der Waals surface area contributed by atoms with Gasteiger partial charge in [0.1, 0.15) is 0 Å². The second kappa shape index (κ2) is 10.3. The Hall–Kier alpha value is -1.60. The molecule has 0 aliphatic heterocycles. The highest BCUT2D eigenvalue weighted by Gasteiger charge is 2.31. The zero-order valence-electron chi connectivity index (χ0n) is 10.7. The summed E-state index contributed by atoms with van der Waals surface area (Å²) in [6.07, 6.45) is 0.311. The third-order valence-corrected chi connectivity index (χ3v) is 2.31.